The van der Waals surface area contributed by atoms with Crippen molar-refractivity contribution in [1.29, 1.82) is 0 Å². The number of nitrogens with zero attached hydrogens (tertiary/aromatic N) is 4. The summed E-state index contributed by atoms with van der Waals surface area (Å²) in [4.78, 5) is 11.1. The van der Waals surface area contributed by atoms with Gasteiger partial charge in [0.05, 0.1) is 17.1 Å². The van der Waals surface area contributed by atoms with Crippen LogP contribution in [-0.4, -0.2) is 63.3 Å². The molecule has 1 atom stereocenters. The topological polar surface area (TPSA) is 78.4 Å². The van der Waals surface area contributed by atoms with Crippen LogP contribution in [-0.2, 0) is 4.74 Å². The fraction of sp³-hybridized carbons (Fsp3) is 0.586. The van der Waals surface area contributed by atoms with Gasteiger partial charge in [-0.15, -0.1) is 0 Å². The molecule has 1 saturated carbocycles. The maximum Gasteiger partial charge on any atom is 0.250 e. The second kappa shape index (κ2) is 9.75. The molecule has 3 aromatic rings. The van der Waals surface area contributed by atoms with Gasteiger partial charge in [0.15, 0.2) is 0 Å². The predicted octanol–water partition coefficient (Wildman–Crippen LogP) is 5.70. The van der Waals surface area contributed by atoms with Gasteiger partial charge >= 0.3 is 0 Å². The van der Waals surface area contributed by atoms with Gasteiger partial charge < -0.3 is 24.7 Å². The lowest BCUT2D eigenvalue weighted by molar-refractivity contribution is -0.0603. The molecule has 0 spiro atoms. The second-order valence-corrected chi connectivity index (χ2v) is 11.9. The molecule has 9 heteroatoms. The van der Waals surface area contributed by atoms with Crippen LogP contribution in [0.25, 0.3) is 22.2 Å². The Morgan fingerprint density at radius 2 is 1.92 bits per heavy atom. The number of fused-ring (bicyclic) bond motifs is 1. The molecule has 0 unspecified atom stereocenters. The average molecular weight is 526 g/mol. The number of likely N-dealkylation sites (tertiary alicyclic amines) is 1. The summed E-state index contributed by atoms with van der Waals surface area (Å²) in [6.45, 7) is 6.62. The summed E-state index contributed by atoms with van der Waals surface area (Å²) in [6.07, 6.45) is 7.74. The number of hydrogen-bond acceptors (Lipinski definition) is 6. The Bertz CT molecular complexity index is 1290. The van der Waals surface area contributed by atoms with E-state index < -0.39 is 5.92 Å². The quantitative estimate of drug-likeness (QED) is 0.426. The maximum atomic E-state index is 13.5. The molecule has 0 bridgehead atoms. The monoisotopic (exact) mass is 525 g/mol. The van der Waals surface area contributed by atoms with Crippen LogP contribution in [0.3, 0.4) is 0 Å². The lowest BCUT2D eigenvalue weighted by Crippen LogP contribution is -2.44. The molecule has 2 aromatic heterocycles. The van der Waals surface area contributed by atoms with Crippen LogP contribution in [0.2, 0.25) is 0 Å². The highest BCUT2D eigenvalue weighted by Gasteiger charge is 2.38. The highest BCUT2D eigenvalue weighted by molar-refractivity contribution is 6.00. The van der Waals surface area contributed by atoms with Crippen LogP contribution in [0, 0.1) is 5.92 Å². The molecule has 7 nitrogen and oxygen atoms in total. The number of hydrogen-bond donors (Lipinski definition) is 1. The fourth-order valence-electron chi connectivity index (χ4n) is 6.25. The van der Waals surface area contributed by atoms with Gasteiger partial charge in [-0.1, -0.05) is 12.1 Å². The van der Waals surface area contributed by atoms with E-state index in [-0.39, 0.29) is 24.5 Å². The number of rotatable bonds is 7. The first-order valence-corrected chi connectivity index (χ1v) is 13.8. The van der Waals surface area contributed by atoms with Gasteiger partial charge in [0.2, 0.25) is 0 Å². The summed E-state index contributed by atoms with van der Waals surface area (Å²) < 4.78 is 41.5. The molecule has 3 aliphatic rings. The van der Waals surface area contributed by atoms with Crippen molar-refractivity contribution in [2.24, 2.45) is 5.92 Å². The van der Waals surface area contributed by atoms with Crippen molar-refractivity contribution in [2.45, 2.75) is 76.0 Å². The van der Waals surface area contributed by atoms with E-state index in [0.29, 0.717) is 37.5 Å². The molecule has 2 saturated heterocycles. The number of aromatic nitrogens is 3. The molecule has 4 heterocycles. The van der Waals surface area contributed by atoms with Crippen LogP contribution in [0.4, 0.5) is 14.6 Å². The van der Waals surface area contributed by atoms with Gasteiger partial charge in [0.25, 0.3) is 5.92 Å². The number of anilines is 1. The molecule has 0 radical (unpaired) electrons. The minimum Gasteiger partial charge on any atom is -0.491 e. The summed E-state index contributed by atoms with van der Waals surface area (Å²) in [5, 5.41) is 0.854. The van der Waals surface area contributed by atoms with Crippen LogP contribution >= 0.6 is 0 Å². The summed E-state index contributed by atoms with van der Waals surface area (Å²) in [7, 11) is 0. The highest BCUT2D eigenvalue weighted by atomic mass is 19.3. The Morgan fingerprint density at radius 3 is 2.66 bits per heavy atom. The zero-order valence-electron chi connectivity index (χ0n) is 22.2. The first-order valence-electron chi connectivity index (χ1n) is 13.8. The standard InChI is InChI=1S/C29H37F2N5O2/c1-28(2)7-6-23(38-28)17-37-22-5-3-4-20(14-22)24-16-36(27-25(24)26(32)33-18-34-27)21-12-19(13-21)15-35-10-8-29(30,31)9-11-35/h3-5,14,16,18-19,21,23H,6-13,15,17H2,1-2H3,(H2,32,33,34)/t19?,21?,23-/m0/s1. The second-order valence-electron chi connectivity index (χ2n) is 11.9. The van der Waals surface area contributed by atoms with Crippen molar-refractivity contribution in [3.63, 3.8) is 0 Å². The number of piperidine rings is 1. The minimum absolute atomic E-state index is 0.0284. The third kappa shape index (κ3) is 5.23. The number of benzene rings is 1. The first kappa shape index (κ1) is 25.5. The predicted molar refractivity (Wildman–Crippen MR) is 143 cm³/mol. The van der Waals surface area contributed by atoms with E-state index >= 15 is 0 Å². The highest BCUT2D eigenvalue weighted by Crippen LogP contribution is 2.44. The molecular weight excluding hydrogens is 488 g/mol. The zero-order valence-corrected chi connectivity index (χ0v) is 22.2. The third-order valence-corrected chi connectivity index (χ3v) is 8.48. The SMILES string of the molecule is CC1(C)CC[C@@H](COc2cccc(-c3cn(C4CC(CN5CCC(F)(F)CC5)C4)c4ncnc(N)c34)c2)O1. The molecule has 3 fully saturated rings. The molecule has 204 valence electrons. The largest absolute Gasteiger partial charge is 0.491 e. The summed E-state index contributed by atoms with van der Waals surface area (Å²) in [5.41, 5.74) is 9.11. The Hall–Kier alpha value is -2.78. The van der Waals surface area contributed by atoms with Crippen molar-refractivity contribution in [2.75, 3.05) is 32.0 Å². The van der Waals surface area contributed by atoms with Gasteiger partial charge in [-0.3, -0.25) is 0 Å². The Labute approximate surface area is 222 Å². The van der Waals surface area contributed by atoms with Gasteiger partial charge in [-0.25, -0.2) is 18.7 Å². The van der Waals surface area contributed by atoms with Crippen molar-refractivity contribution in [3.05, 3.63) is 36.8 Å². The van der Waals surface area contributed by atoms with E-state index in [9.17, 15) is 8.78 Å². The number of nitrogens with two attached hydrogens (primary N) is 1. The molecule has 38 heavy (non-hydrogen) atoms. The zero-order chi connectivity index (χ0) is 26.5. The molecule has 2 aliphatic heterocycles. The van der Waals surface area contributed by atoms with Crippen molar-refractivity contribution >= 4 is 16.9 Å². The molecule has 1 aromatic carbocycles. The molecule has 2 N–H and O–H groups in total. The first-order chi connectivity index (χ1) is 18.2. The molecule has 6 rings (SSSR count). The Morgan fingerprint density at radius 1 is 1.13 bits per heavy atom. The number of ether oxygens (including phenoxy) is 2. The summed E-state index contributed by atoms with van der Waals surface area (Å²) in [6, 6.07) is 8.37. The summed E-state index contributed by atoms with van der Waals surface area (Å²) in [5.74, 6) is -0.738. The number of alkyl halides is 2. The molecule has 1 aliphatic carbocycles. The van der Waals surface area contributed by atoms with Crippen LogP contribution < -0.4 is 10.5 Å². The van der Waals surface area contributed by atoms with Gasteiger partial charge in [-0.2, -0.15) is 0 Å². The van der Waals surface area contributed by atoms with E-state index in [0.717, 1.165) is 60.1 Å². The number of nitrogen functional groups attached to an aromatic ring is 1. The van der Waals surface area contributed by atoms with Gasteiger partial charge in [-0.05, 0) is 63.1 Å². The maximum absolute atomic E-state index is 13.5. The smallest absolute Gasteiger partial charge is 0.250 e. The van der Waals surface area contributed by atoms with Crippen molar-refractivity contribution in [3.8, 4) is 16.9 Å². The van der Waals surface area contributed by atoms with Gasteiger partial charge in [0.1, 0.15) is 30.1 Å². The summed E-state index contributed by atoms with van der Waals surface area (Å²) >= 11 is 0. The third-order valence-electron chi connectivity index (χ3n) is 8.48. The lowest BCUT2D eigenvalue weighted by atomic mass is 9.79. The van der Waals surface area contributed by atoms with E-state index in [1.807, 2.05) is 18.2 Å². The van der Waals surface area contributed by atoms with Crippen LogP contribution in [0.1, 0.15) is 58.4 Å². The Balaban J connectivity index is 1.17. The lowest BCUT2D eigenvalue weighted by Gasteiger charge is -2.41. The van der Waals surface area contributed by atoms with E-state index in [2.05, 4.69) is 45.5 Å². The molecule has 0 amide bonds. The average Bonchev–Trinajstić information content (AvgIpc) is 3.41. The Kier molecular flexibility index (Phi) is 6.54. The van der Waals surface area contributed by atoms with E-state index in [1.54, 1.807) is 0 Å². The van der Waals surface area contributed by atoms with Crippen molar-refractivity contribution in [1.82, 2.24) is 19.4 Å². The van der Waals surface area contributed by atoms with Crippen LogP contribution in [0.15, 0.2) is 36.8 Å². The van der Waals surface area contributed by atoms with Crippen LogP contribution in [0.5, 0.6) is 5.75 Å². The van der Waals surface area contributed by atoms with E-state index in [4.69, 9.17) is 15.2 Å². The molecular formula is C29H37F2N5O2. The fourth-order valence-corrected chi connectivity index (χ4v) is 6.25. The normalized spacial score (nSPS) is 26.9. The number of halogens is 2. The van der Waals surface area contributed by atoms with Gasteiger partial charge in [0, 0.05) is 50.3 Å². The van der Waals surface area contributed by atoms with Crippen molar-refractivity contribution < 1.29 is 18.3 Å². The minimum atomic E-state index is -2.50. The van der Waals surface area contributed by atoms with E-state index in [1.165, 1.54) is 6.33 Å².